The summed E-state index contributed by atoms with van der Waals surface area (Å²) in [4.78, 5) is 28.1. The molecule has 0 saturated heterocycles. The molecule has 0 saturated carbocycles. The molecule has 1 aliphatic heterocycles. The van der Waals surface area contributed by atoms with E-state index in [1.165, 1.54) is 35.2 Å². The minimum absolute atomic E-state index is 0.169. The van der Waals surface area contributed by atoms with Crippen LogP contribution < -0.4 is 4.74 Å². The molecule has 2 amide bonds. The minimum atomic E-state index is -0.517. The van der Waals surface area contributed by atoms with Crippen molar-refractivity contribution in [2.75, 3.05) is 33.9 Å². The first-order chi connectivity index (χ1) is 17.5. The van der Waals surface area contributed by atoms with Gasteiger partial charge in [0, 0.05) is 25.6 Å². The third kappa shape index (κ3) is 5.78. The largest absolute Gasteiger partial charge is 0.497 e. The molecule has 0 radical (unpaired) electrons. The molecule has 3 aromatic rings. The van der Waals surface area contributed by atoms with Gasteiger partial charge in [-0.25, -0.2) is 9.40 Å². The molecule has 186 valence electrons. The molecule has 0 bridgehead atoms. The maximum Gasteiger partial charge on any atom is 0.262 e. The number of amides is 2. The topological polar surface area (TPSA) is 71.4 Å². The van der Waals surface area contributed by atoms with Gasteiger partial charge in [0.2, 0.25) is 0 Å². The van der Waals surface area contributed by atoms with Crippen molar-refractivity contribution < 1.29 is 23.5 Å². The summed E-state index contributed by atoms with van der Waals surface area (Å²) in [6.07, 6.45) is 0.526. The lowest BCUT2D eigenvalue weighted by Gasteiger charge is -2.27. The highest BCUT2D eigenvalue weighted by Crippen LogP contribution is 2.33. The maximum absolute atomic E-state index is 13.7. The van der Waals surface area contributed by atoms with E-state index in [1.54, 1.807) is 7.11 Å². The Morgan fingerprint density at radius 3 is 2.44 bits per heavy atom. The number of benzene rings is 3. The summed E-state index contributed by atoms with van der Waals surface area (Å²) in [6, 6.07) is 22.3. The number of methoxy groups -OCH3 is 2. The first-order valence-electron chi connectivity index (χ1n) is 11.6. The van der Waals surface area contributed by atoms with Gasteiger partial charge in [-0.3, -0.25) is 9.59 Å². The van der Waals surface area contributed by atoms with E-state index >= 15 is 0 Å². The van der Waals surface area contributed by atoms with Crippen molar-refractivity contribution in [3.8, 4) is 5.75 Å². The van der Waals surface area contributed by atoms with E-state index in [0.29, 0.717) is 6.42 Å². The van der Waals surface area contributed by atoms with Crippen LogP contribution in [0.4, 0.5) is 4.39 Å². The normalized spacial score (nSPS) is 14.9. The fourth-order valence-electron chi connectivity index (χ4n) is 4.13. The highest BCUT2D eigenvalue weighted by molar-refractivity contribution is 6.03. The average molecular weight is 490 g/mol. The molecule has 1 unspecified atom stereocenters. The van der Waals surface area contributed by atoms with Crippen molar-refractivity contribution in [1.82, 2.24) is 9.91 Å². The predicted octanol–water partition coefficient (Wildman–Crippen LogP) is 4.30. The van der Waals surface area contributed by atoms with Gasteiger partial charge in [0.25, 0.3) is 11.8 Å². The van der Waals surface area contributed by atoms with Crippen LogP contribution in [0.15, 0.2) is 84.0 Å². The molecule has 1 aliphatic rings. The smallest absolute Gasteiger partial charge is 0.262 e. The fourth-order valence-corrected chi connectivity index (χ4v) is 4.13. The summed E-state index contributed by atoms with van der Waals surface area (Å²) in [6.45, 7) is 0.189. The van der Waals surface area contributed by atoms with Crippen molar-refractivity contribution in [2.24, 2.45) is 5.10 Å². The SMILES string of the molecule is COCCN(CC(=O)N1N=C(c2ccc(OC)cc2)CC1c1ccccc1)C(=O)c1cccc(F)c1. The van der Waals surface area contributed by atoms with Gasteiger partial charge in [-0.1, -0.05) is 36.4 Å². The highest BCUT2D eigenvalue weighted by Gasteiger charge is 2.34. The minimum Gasteiger partial charge on any atom is -0.497 e. The second-order valence-corrected chi connectivity index (χ2v) is 8.37. The van der Waals surface area contributed by atoms with E-state index in [1.807, 2.05) is 54.6 Å². The Balaban J connectivity index is 1.61. The molecule has 7 nitrogen and oxygen atoms in total. The van der Waals surface area contributed by atoms with Crippen LogP contribution in [0.5, 0.6) is 5.75 Å². The Labute approximate surface area is 209 Å². The van der Waals surface area contributed by atoms with E-state index in [4.69, 9.17) is 9.47 Å². The number of nitrogens with zero attached hydrogens (tertiary/aromatic N) is 3. The first kappa shape index (κ1) is 25.1. The van der Waals surface area contributed by atoms with Crippen LogP contribution in [-0.4, -0.2) is 61.4 Å². The lowest BCUT2D eigenvalue weighted by atomic mass is 9.98. The van der Waals surface area contributed by atoms with E-state index in [0.717, 1.165) is 28.7 Å². The summed E-state index contributed by atoms with van der Waals surface area (Å²) >= 11 is 0. The van der Waals surface area contributed by atoms with Crippen molar-refractivity contribution in [1.29, 1.82) is 0 Å². The van der Waals surface area contributed by atoms with Crippen LogP contribution in [0, 0.1) is 5.82 Å². The Hall–Kier alpha value is -4.04. The molecule has 8 heteroatoms. The van der Waals surface area contributed by atoms with Crippen LogP contribution in [0.2, 0.25) is 0 Å². The molecular formula is C28H28FN3O4. The number of rotatable bonds is 9. The molecule has 0 spiro atoms. The van der Waals surface area contributed by atoms with Crippen molar-refractivity contribution in [3.05, 3.63) is 101 Å². The Kier molecular flexibility index (Phi) is 8.07. The molecule has 0 aromatic heterocycles. The number of carbonyl (C=O) groups excluding carboxylic acids is 2. The van der Waals surface area contributed by atoms with Gasteiger partial charge in [0.15, 0.2) is 0 Å². The van der Waals surface area contributed by atoms with Gasteiger partial charge in [0.1, 0.15) is 18.1 Å². The zero-order chi connectivity index (χ0) is 25.5. The number of halogens is 1. The quantitative estimate of drug-likeness (QED) is 0.449. The summed E-state index contributed by atoms with van der Waals surface area (Å²) in [5.41, 5.74) is 2.76. The van der Waals surface area contributed by atoms with Crippen LogP contribution in [0.3, 0.4) is 0 Å². The number of carbonyl (C=O) groups is 2. The van der Waals surface area contributed by atoms with Gasteiger partial charge < -0.3 is 14.4 Å². The molecule has 1 heterocycles. The lowest BCUT2D eigenvalue weighted by Crippen LogP contribution is -2.42. The average Bonchev–Trinajstić information content (AvgIpc) is 3.37. The maximum atomic E-state index is 13.7. The molecule has 0 fully saturated rings. The van der Waals surface area contributed by atoms with Crippen LogP contribution in [0.1, 0.15) is 33.9 Å². The lowest BCUT2D eigenvalue weighted by molar-refractivity contribution is -0.133. The molecular weight excluding hydrogens is 461 g/mol. The van der Waals surface area contributed by atoms with Gasteiger partial charge in [-0.05, 0) is 53.6 Å². The summed E-state index contributed by atoms with van der Waals surface area (Å²) in [5, 5.41) is 6.13. The summed E-state index contributed by atoms with van der Waals surface area (Å²) in [7, 11) is 3.12. The molecule has 0 aliphatic carbocycles. The Morgan fingerprint density at radius 2 is 1.78 bits per heavy atom. The fraction of sp³-hybridized carbons (Fsp3) is 0.250. The van der Waals surface area contributed by atoms with Crippen molar-refractivity contribution in [3.63, 3.8) is 0 Å². The molecule has 3 aromatic carbocycles. The van der Waals surface area contributed by atoms with Crippen molar-refractivity contribution in [2.45, 2.75) is 12.5 Å². The van der Waals surface area contributed by atoms with Gasteiger partial charge >= 0.3 is 0 Å². The van der Waals surface area contributed by atoms with E-state index in [2.05, 4.69) is 5.10 Å². The zero-order valence-corrected chi connectivity index (χ0v) is 20.3. The second kappa shape index (κ2) is 11.6. The molecule has 1 atom stereocenters. The van der Waals surface area contributed by atoms with Crippen LogP contribution in [-0.2, 0) is 9.53 Å². The van der Waals surface area contributed by atoms with E-state index < -0.39 is 11.7 Å². The van der Waals surface area contributed by atoms with Gasteiger partial charge in [0.05, 0.1) is 25.5 Å². The number of ether oxygens (including phenoxy) is 2. The number of hydrogen-bond acceptors (Lipinski definition) is 5. The number of hydrogen-bond donors (Lipinski definition) is 0. The highest BCUT2D eigenvalue weighted by atomic mass is 19.1. The summed E-state index contributed by atoms with van der Waals surface area (Å²) < 4.78 is 24.1. The first-order valence-corrected chi connectivity index (χ1v) is 11.6. The van der Waals surface area contributed by atoms with Crippen LogP contribution in [0.25, 0.3) is 0 Å². The second-order valence-electron chi connectivity index (χ2n) is 8.37. The number of hydrazone groups is 1. The molecule has 4 rings (SSSR count). The zero-order valence-electron chi connectivity index (χ0n) is 20.3. The van der Waals surface area contributed by atoms with E-state index in [9.17, 15) is 14.0 Å². The molecule has 0 N–H and O–H groups in total. The summed E-state index contributed by atoms with van der Waals surface area (Å²) in [5.74, 6) is -0.575. The standard InChI is InChI=1S/C28H28FN3O4/c1-35-16-15-31(28(34)22-9-6-10-23(29)17-22)19-27(33)32-26(21-7-4-3-5-8-21)18-25(30-32)20-11-13-24(36-2)14-12-20/h3-14,17,26H,15-16,18-19H2,1-2H3. The van der Waals surface area contributed by atoms with E-state index in [-0.39, 0.29) is 37.2 Å². The van der Waals surface area contributed by atoms with Crippen molar-refractivity contribution >= 4 is 17.5 Å². The van der Waals surface area contributed by atoms with Gasteiger partial charge in [-0.15, -0.1) is 0 Å². The van der Waals surface area contributed by atoms with Gasteiger partial charge in [-0.2, -0.15) is 5.10 Å². The monoisotopic (exact) mass is 489 g/mol. The van der Waals surface area contributed by atoms with Crippen LogP contribution >= 0.6 is 0 Å². The molecule has 36 heavy (non-hydrogen) atoms. The predicted molar refractivity (Wildman–Crippen MR) is 134 cm³/mol. The Bertz CT molecular complexity index is 1230. The third-order valence-electron chi connectivity index (χ3n) is 6.02. The Morgan fingerprint density at radius 1 is 1.03 bits per heavy atom. The third-order valence-corrected chi connectivity index (χ3v) is 6.02.